The number of benzene rings is 2. The number of rotatable bonds is 9. The Kier molecular flexibility index (Phi) is 8.98. The number of aromatic nitrogens is 1. The van der Waals surface area contributed by atoms with E-state index in [2.05, 4.69) is 22.2 Å². The molecule has 2 heterocycles. The fraction of sp³-hybridized carbons (Fsp3) is 0.259. The molecule has 2 aromatic carbocycles. The number of urea groups is 1. The van der Waals surface area contributed by atoms with E-state index in [1.165, 1.54) is 48.5 Å². The molecule has 1 saturated heterocycles. The average Bonchev–Trinajstić information content (AvgIpc) is 2.90. The van der Waals surface area contributed by atoms with E-state index in [1.54, 1.807) is 23.4 Å². The number of carbonyl (C=O) groups is 1. The third-order valence-electron chi connectivity index (χ3n) is 6.09. The van der Waals surface area contributed by atoms with Crippen molar-refractivity contribution in [2.75, 3.05) is 18.4 Å². The second-order valence-electron chi connectivity index (χ2n) is 8.82. The number of piperidine rings is 1. The Morgan fingerprint density at radius 1 is 1.26 bits per heavy atom. The van der Waals surface area contributed by atoms with Crippen LogP contribution in [-0.2, 0) is 16.4 Å². The number of hydrogen-bond donors (Lipinski definition) is 2. The third-order valence-corrected chi connectivity index (χ3v) is 8.44. The quantitative estimate of drug-likeness (QED) is 0.357. The van der Waals surface area contributed by atoms with Gasteiger partial charge in [0, 0.05) is 31.2 Å². The van der Waals surface area contributed by atoms with Gasteiger partial charge < -0.3 is 15.4 Å². The number of likely N-dealkylation sites (tertiary alicyclic amines) is 1. The zero-order valence-electron chi connectivity index (χ0n) is 20.5. The number of amides is 2. The molecule has 2 unspecified atom stereocenters. The molecule has 1 aliphatic rings. The minimum absolute atomic E-state index is 0.105. The molecular formula is C27H28ClFN4O4S. The third kappa shape index (κ3) is 6.89. The van der Waals surface area contributed by atoms with Gasteiger partial charge >= 0.3 is 6.03 Å². The van der Waals surface area contributed by atoms with Crippen molar-refractivity contribution in [3.8, 4) is 5.75 Å². The van der Waals surface area contributed by atoms with E-state index in [9.17, 15) is 17.6 Å². The summed E-state index contributed by atoms with van der Waals surface area (Å²) in [6, 6.07) is 13.1. The Balaban J connectivity index is 1.38. The molecule has 200 valence electrons. The van der Waals surface area contributed by atoms with Crippen molar-refractivity contribution >= 4 is 33.2 Å². The number of pyridine rings is 1. The van der Waals surface area contributed by atoms with Gasteiger partial charge in [0.1, 0.15) is 23.0 Å². The van der Waals surface area contributed by atoms with E-state index >= 15 is 0 Å². The molecule has 0 spiro atoms. The molecule has 1 aliphatic heterocycles. The Morgan fingerprint density at radius 3 is 2.74 bits per heavy atom. The number of sulfone groups is 1. The van der Waals surface area contributed by atoms with Gasteiger partial charge in [0.25, 0.3) is 0 Å². The molecule has 2 atom stereocenters. The van der Waals surface area contributed by atoms with Crippen LogP contribution < -0.4 is 15.4 Å². The Morgan fingerprint density at radius 2 is 2.05 bits per heavy atom. The van der Waals surface area contributed by atoms with Gasteiger partial charge in [-0.15, -0.1) is 6.58 Å². The fourth-order valence-corrected chi connectivity index (χ4v) is 6.09. The maximum absolute atomic E-state index is 13.5. The first-order chi connectivity index (χ1) is 18.3. The molecule has 1 aromatic heterocycles. The number of anilines is 1. The molecule has 2 N–H and O–H groups in total. The highest BCUT2D eigenvalue weighted by atomic mass is 35.5. The highest BCUT2D eigenvalue weighted by Crippen LogP contribution is 2.29. The summed E-state index contributed by atoms with van der Waals surface area (Å²) in [4.78, 5) is 18.1. The molecule has 4 rings (SSSR count). The predicted octanol–water partition coefficient (Wildman–Crippen LogP) is 5.03. The lowest BCUT2D eigenvalue weighted by Gasteiger charge is -2.36. The average molecular weight is 559 g/mol. The molecule has 1 fully saturated rings. The second kappa shape index (κ2) is 12.4. The van der Waals surface area contributed by atoms with E-state index < -0.39 is 27.1 Å². The highest BCUT2D eigenvalue weighted by molar-refractivity contribution is 7.92. The summed E-state index contributed by atoms with van der Waals surface area (Å²) in [6.07, 6.45) is 5.81. The van der Waals surface area contributed by atoms with Gasteiger partial charge in [-0.1, -0.05) is 23.7 Å². The van der Waals surface area contributed by atoms with Gasteiger partial charge in [-0.3, -0.25) is 9.88 Å². The van der Waals surface area contributed by atoms with Crippen LogP contribution in [0.25, 0.3) is 0 Å². The Labute approximate surface area is 226 Å². The highest BCUT2D eigenvalue weighted by Gasteiger charge is 2.34. The van der Waals surface area contributed by atoms with Crippen molar-refractivity contribution in [2.45, 2.75) is 35.8 Å². The summed E-state index contributed by atoms with van der Waals surface area (Å²) in [7, 11) is -3.81. The molecule has 0 saturated carbocycles. The number of hydrogen-bond acceptors (Lipinski definition) is 6. The van der Waals surface area contributed by atoms with Crippen LogP contribution in [0.1, 0.15) is 18.4 Å². The van der Waals surface area contributed by atoms with E-state index in [1.807, 2.05) is 6.07 Å². The van der Waals surface area contributed by atoms with Crippen molar-refractivity contribution in [1.29, 1.82) is 0 Å². The van der Waals surface area contributed by atoms with Crippen molar-refractivity contribution in [1.82, 2.24) is 15.2 Å². The second-order valence-corrected chi connectivity index (χ2v) is 11.3. The summed E-state index contributed by atoms with van der Waals surface area (Å²) >= 11 is 6.09. The molecule has 3 aromatic rings. The summed E-state index contributed by atoms with van der Waals surface area (Å²) < 4.78 is 46.3. The first kappa shape index (κ1) is 27.6. The summed E-state index contributed by atoms with van der Waals surface area (Å²) in [6.45, 7) is 4.95. The van der Waals surface area contributed by atoms with Gasteiger partial charge in [-0.05, 0) is 73.5 Å². The lowest BCUT2D eigenvalue weighted by Crippen LogP contribution is -2.48. The number of nitrogens with zero attached hydrogens (tertiary/aromatic N) is 2. The van der Waals surface area contributed by atoms with Crippen LogP contribution in [0.15, 0.2) is 84.5 Å². The maximum Gasteiger partial charge on any atom is 0.319 e. The molecule has 11 heteroatoms. The number of halogens is 2. The molecule has 0 radical (unpaired) electrons. The molecule has 8 nitrogen and oxygen atoms in total. The number of nitrogens with one attached hydrogen (secondary N) is 2. The lowest BCUT2D eigenvalue weighted by molar-refractivity contribution is 0.0882. The van der Waals surface area contributed by atoms with E-state index in [-0.39, 0.29) is 16.0 Å². The van der Waals surface area contributed by atoms with Crippen LogP contribution >= 0.6 is 11.6 Å². The molecule has 38 heavy (non-hydrogen) atoms. The standard InChI is InChI=1S/C27H28ClFN4O4S/c1-2-26(33-14-4-6-22(18-33)37-25-12-7-20(29)15-24(25)28)38(35,36)23-10-8-21(9-11-23)32-27(34)31-17-19-5-3-13-30-16-19/h2-3,5,7-13,15-16,22,26H,1,4,6,14,17-18H2,(H2,31,32,34). The molecule has 0 aliphatic carbocycles. The normalized spacial score (nSPS) is 16.8. The topological polar surface area (TPSA) is 101 Å². The first-order valence-corrected chi connectivity index (χ1v) is 13.9. The minimum Gasteiger partial charge on any atom is -0.488 e. The fourth-order valence-electron chi connectivity index (χ4n) is 4.24. The lowest BCUT2D eigenvalue weighted by atomic mass is 10.1. The predicted molar refractivity (Wildman–Crippen MR) is 144 cm³/mol. The monoisotopic (exact) mass is 558 g/mol. The van der Waals surface area contributed by atoms with Crippen LogP contribution in [0.4, 0.5) is 14.9 Å². The summed E-state index contributed by atoms with van der Waals surface area (Å²) in [5.41, 5.74) is 1.30. The van der Waals surface area contributed by atoms with Gasteiger partial charge in [0.2, 0.25) is 0 Å². The first-order valence-electron chi connectivity index (χ1n) is 12.0. The van der Waals surface area contributed by atoms with E-state index in [4.69, 9.17) is 16.3 Å². The zero-order chi connectivity index (χ0) is 27.1. The smallest absolute Gasteiger partial charge is 0.319 e. The summed E-state index contributed by atoms with van der Waals surface area (Å²) in [5, 5.41) is 4.60. The van der Waals surface area contributed by atoms with Crippen LogP contribution in [0.3, 0.4) is 0 Å². The Hall–Kier alpha value is -3.47. The maximum atomic E-state index is 13.5. The van der Waals surface area contributed by atoms with Crippen molar-refractivity contribution in [3.05, 3.63) is 96.0 Å². The van der Waals surface area contributed by atoms with Crippen LogP contribution in [0.5, 0.6) is 5.75 Å². The molecular weight excluding hydrogens is 531 g/mol. The van der Waals surface area contributed by atoms with Crippen molar-refractivity contribution < 1.29 is 22.3 Å². The largest absolute Gasteiger partial charge is 0.488 e. The SMILES string of the molecule is C=CC(N1CCCC(Oc2ccc(F)cc2Cl)C1)S(=O)(=O)c1ccc(NC(=O)NCc2cccnc2)cc1. The van der Waals surface area contributed by atoms with E-state index in [0.717, 1.165) is 5.56 Å². The van der Waals surface area contributed by atoms with Gasteiger partial charge in [-0.2, -0.15) is 0 Å². The van der Waals surface area contributed by atoms with Crippen LogP contribution in [0, 0.1) is 5.82 Å². The number of carbonyl (C=O) groups excluding carboxylic acids is 1. The van der Waals surface area contributed by atoms with Crippen molar-refractivity contribution in [2.24, 2.45) is 0 Å². The Bertz CT molecular complexity index is 1370. The van der Waals surface area contributed by atoms with Crippen LogP contribution in [0.2, 0.25) is 5.02 Å². The van der Waals surface area contributed by atoms with Gasteiger partial charge in [0.05, 0.1) is 9.92 Å². The van der Waals surface area contributed by atoms with Crippen molar-refractivity contribution in [3.63, 3.8) is 0 Å². The van der Waals surface area contributed by atoms with E-state index in [0.29, 0.717) is 43.9 Å². The van der Waals surface area contributed by atoms with Gasteiger partial charge in [0.15, 0.2) is 9.84 Å². The molecule has 2 amide bonds. The minimum atomic E-state index is -3.81. The number of ether oxygens (including phenoxy) is 1. The van der Waals surface area contributed by atoms with Gasteiger partial charge in [-0.25, -0.2) is 17.6 Å². The summed E-state index contributed by atoms with van der Waals surface area (Å²) in [5.74, 6) is -0.109. The zero-order valence-corrected chi connectivity index (χ0v) is 22.1. The van der Waals surface area contributed by atoms with Crippen LogP contribution in [-0.4, -0.2) is 48.9 Å². The molecule has 0 bridgehead atoms.